The summed E-state index contributed by atoms with van der Waals surface area (Å²) in [5, 5.41) is 0. The molecule has 0 atom stereocenters. The third-order valence-electron chi connectivity index (χ3n) is 14.0. The van der Waals surface area contributed by atoms with Crippen molar-refractivity contribution in [2.75, 3.05) is 0 Å². The van der Waals surface area contributed by atoms with E-state index in [0.717, 1.165) is 67.2 Å². The minimum atomic E-state index is 0.0356. The molecule has 72 heavy (non-hydrogen) atoms. The Morgan fingerprint density at radius 2 is 0.431 bits per heavy atom. The number of benzene rings is 7. The van der Waals surface area contributed by atoms with E-state index in [0.29, 0.717) is 0 Å². The summed E-state index contributed by atoms with van der Waals surface area (Å²) in [6.45, 7) is 20.2. The van der Waals surface area contributed by atoms with Crippen LogP contribution in [0, 0.1) is 0 Å². The van der Waals surface area contributed by atoms with Crippen molar-refractivity contribution in [1.29, 1.82) is 0 Å². The van der Waals surface area contributed by atoms with Crippen LogP contribution < -0.4 is 0 Å². The Morgan fingerprint density at radius 1 is 0.222 bits per heavy atom. The first-order valence-electron chi connectivity index (χ1n) is 25.2. The molecule has 0 unspecified atom stereocenters. The fourth-order valence-corrected chi connectivity index (χ4v) is 9.68. The molecule has 10 rings (SSSR count). The zero-order chi connectivity index (χ0) is 50.2. The molecule has 0 aliphatic rings. The molecule has 0 saturated carbocycles. The molecule has 0 N–H and O–H groups in total. The summed E-state index contributed by atoms with van der Waals surface area (Å²) in [7, 11) is 0. The maximum absolute atomic E-state index is 4.78. The molecule has 3 nitrogen and oxygen atoms in total. The van der Waals surface area contributed by atoms with Gasteiger partial charge in [0.1, 0.15) is 0 Å². The van der Waals surface area contributed by atoms with Gasteiger partial charge in [-0.15, -0.1) is 0 Å². The van der Waals surface area contributed by atoms with Crippen LogP contribution in [0.2, 0.25) is 0 Å². The number of aromatic nitrogens is 3. The maximum Gasteiger partial charge on any atom is 0.0704 e. The van der Waals surface area contributed by atoms with Crippen LogP contribution in [-0.2, 0) is 16.2 Å². The minimum Gasteiger partial charge on any atom is -0.256 e. The molecule has 0 aliphatic heterocycles. The highest BCUT2D eigenvalue weighted by molar-refractivity contribution is 5.94. The van der Waals surface area contributed by atoms with Crippen molar-refractivity contribution in [3.8, 4) is 101 Å². The summed E-state index contributed by atoms with van der Waals surface area (Å²) in [5.74, 6) is 0. The van der Waals surface area contributed by atoms with Crippen molar-refractivity contribution in [2.45, 2.75) is 78.6 Å². The fourth-order valence-electron chi connectivity index (χ4n) is 9.68. The standard InChI is InChI=1S/C69H63N3/c1-67(2,3)55-34-37-70-64(43-55)49-28-22-46(23-29-49)58-16-10-13-19-61(58)52-40-53(62-20-14-11-17-59(62)47-24-30-50(31-25-47)65-44-56(35-38-71-65)68(4,5)6)42-54(41-52)63-21-15-12-18-60(63)48-26-32-51(33-27-48)66-45-57(36-39-72-66)69(7,8)9/h10-45H,1-9H3. The molecular weight excluding hydrogens is 871 g/mol. The number of rotatable bonds is 9. The van der Waals surface area contributed by atoms with Gasteiger partial charge < -0.3 is 0 Å². The highest BCUT2D eigenvalue weighted by atomic mass is 14.7. The smallest absolute Gasteiger partial charge is 0.0704 e. The van der Waals surface area contributed by atoms with Gasteiger partial charge in [-0.3, -0.25) is 15.0 Å². The molecule has 3 heteroatoms. The van der Waals surface area contributed by atoms with Crippen LogP contribution in [0.3, 0.4) is 0 Å². The number of hydrogen-bond acceptors (Lipinski definition) is 3. The molecule has 354 valence electrons. The molecule has 7 aromatic carbocycles. The van der Waals surface area contributed by atoms with E-state index in [1.165, 1.54) is 50.1 Å². The minimum absolute atomic E-state index is 0.0356. The monoisotopic (exact) mass is 934 g/mol. The van der Waals surface area contributed by atoms with Crippen molar-refractivity contribution in [3.63, 3.8) is 0 Å². The van der Waals surface area contributed by atoms with Crippen LogP contribution in [0.1, 0.15) is 79.0 Å². The van der Waals surface area contributed by atoms with Gasteiger partial charge in [0, 0.05) is 35.3 Å². The number of nitrogens with zero attached hydrogens (tertiary/aromatic N) is 3. The fraction of sp³-hybridized carbons (Fsp3) is 0.174. The topological polar surface area (TPSA) is 38.7 Å². The molecule has 0 aliphatic carbocycles. The van der Waals surface area contributed by atoms with E-state index >= 15 is 0 Å². The highest BCUT2D eigenvalue weighted by Gasteiger charge is 2.20. The van der Waals surface area contributed by atoms with Gasteiger partial charge in [0.05, 0.1) is 17.1 Å². The SMILES string of the molecule is CC(C)(C)c1ccnc(-c2ccc(-c3ccccc3-c3cc(-c4ccccc4-c4ccc(-c5cc(C(C)(C)C)ccn5)cc4)cc(-c4ccccc4-c4ccc(-c5cc(C(C)(C)C)ccn5)cc4)c3)cc2)c1. The Kier molecular flexibility index (Phi) is 12.8. The largest absolute Gasteiger partial charge is 0.256 e. The van der Waals surface area contributed by atoms with Gasteiger partial charge in [0.15, 0.2) is 0 Å². The lowest BCUT2D eigenvalue weighted by Crippen LogP contribution is -2.11. The third kappa shape index (κ3) is 10.1. The van der Waals surface area contributed by atoms with Gasteiger partial charge in [0.25, 0.3) is 0 Å². The van der Waals surface area contributed by atoms with E-state index in [-0.39, 0.29) is 16.2 Å². The van der Waals surface area contributed by atoms with E-state index in [1.54, 1.807) is 0 Å². The number of pyridine rings is 3. The van der Waals surface area contributed by atoms with E-state index in [2.05, 4.69) is 263 Å². The molecule has 0 saturated heterocycles. The normalized spacial score (nSPS) is 12.0. The molecular formula is C69H63N3. The Labute approximate surface area is 427 Å². The van der Waals surface area contributed by atoms with Crippen LogP contribution in [0.4, 0.5) is 0 Å². The molecule has 0 radical (unpaired) electrons. The van der Waals surface area contributed by atoms with Crippen LogP contribution in [-0.4, -0.2) is 15.0 Å². The van der Waals surface area contributed by atoms with Gasteiger partial charge in [-0.2, -0.15) is 0 Å². The Hall–Kier alpha value is -8.01. The lowest BCUT2D eigenvalue weighted by Gasteiger charge is -2.20. The third-order valence-corrected chi connectivity index (χ3v) is 14.0. The van der Waals surface area contributed by atoms with Crippen molar-refractivity contribution in [1.82, 2.24) is 15.0 Å². The Bertz CT molecular complexity index is 3150. The molecule has 0 bridgehead atoms. The van der Waals surface area contributed by atoms with Crippen molar-refractivity contribution >= 4 is 0 Å². The molecule has 0 fully saturated rings. The van der Waals surface area contributed by atoms with Crippen molar-refractivity contribution in [3.05, 3.63) is 235 Å². The molecule has 0 spiro atoms. The lowest BCUT2D eigenvalue weighted by atomic mass is 9.85. The van der Waals surface area contributed by atoms with E-state index in [1.807, 2.05) is 18.6 Å². The van der Waals surface area contributed by atoms with E-state index in [4.69, 9.17) is 15.0 Å². The van der Waals surface area contributed by atoms with Crippen molar-refractivity contribution < 1.29 is 0 Å². The maximum atomic E-state index is 4.78. The first-order valence-corrected chi connectivity index (χ1v) is 25.2. The summed E-state index contributed by atoms with van der Waals surface area (Å²) in [4.78, 5) is 14.3. The second kappa shape index (κ2) is 19.3. The molecule has 3 heterocycles. The predicted molar refractivity (Wildman–Crippen MR) is 305 cm³/mol. The van der Waals surface area contributed by atoms with Gasteiger partial charge >= 0.3 is 0 Å². The predicted octanol–water partition coefficient (Wildman–Crippen LogP) is 18.8. The van der Waals surface area contributed by atoms with Crippen LogP contribution in [0.5, 0.6) is 0 Å². The average molecular weight is 934 g/mol. The van der Waals surface area contributed by atoms with Crippen molar-refractivity contribution in [2.24, 2.45) is 0 Å². The summed E-state index contributed by atoms with van der Waals surface area (Å²) in [5.41, 5.74) is 24.1. The molecule has 3 aromatic heterocycles. The van der Waals surface area contributed by atoms with Gasteiger partial charge in [-0.1, -0.05) is 208 Å². The molecule has 10 aromatic rings. The van der Waals surface area contributed by atoms with Gasteiger partial charge in [0.2, 0.25) is 0 Å². The van der Waals surface area contributed by atoms with Crippen LogP contribution >= 0.6 is 0 Å². The average Bonchev–Trinajstić information content (AvgIpc) is 3.40. The second-order valence-corrected chi connectivity index (χ2v) is 22.2. The quantitative estimate of drug-likeness (QED) is 0.145. The number of hydrogen-bond donors (Lipinski definition) is 0. The molecule has 0 amide bonds. The summed E-state index contributed by atoms with van der Waals surface area (Å²) in [6, 6.07) is 73.3. The summed E-state index contributed by atoms with van der Waals surface area (Å²) >= 11 is 0. The summed E-state index contributed by atoms with van der Waals surface area (Å²) < 4.78 is 0. The van der Waals surface area contributed by atoms with Gasteiger partial charge in [-0.25, -0.2) is 0 Å². The van der Waals surface area contributed by atoms with Gasteiger partial charge in [-0.05, 0) is 154 Å². The van der Waals surface area contributed by atoms with Crippen LogP contribution in [0.15, 0.2) is 219 Å². The Balaban J connectivity index is 1.09. The second-order valence-electron chi connectivity index (χ2n) is 22.2. The highest BCUT2D eigenvalue weighted by Crippen LogP contribution is 2.43. The zero-order valence-corrected chi connectivity index (χ0v) is 43.1. The van der Waals surface area contributed by atoms with E-state index in [9.17, 15) is 0 Å². The van der Waals surface area contributed by atoms with Crippen LogP contribution in [0.25, 0.3) is 101 Å². The van der Waals surface area contributed by atoms with E-state index < -0.39 is 0 Å². The zero-order valence-electron chi connectivity index (χ0n) is 43.1. The lowest BCUT2D eigenvalue weighted by molar-refractivity contribution is 0.589. The first-order chi connectivity index (χ1) is 34.6. The Morgan fingerprint density at radius 3 is 0.653 bits per heavy atom. The summed E-state index contributed by atoms with van der Waals surface area (Å²) in [6.07, 6.45) is 5.79. The first kappa shape index (κ1) is 47.7.